The second-order valence-corrected chi connectivity index (χ2v) is 7.46. The molecule has 0 bridgehead atoms. The molecule has 0 aliphatic rings. The second kappa shape index (κ2) is 7.78. The van der Waals surface area contributed by atoms with Gasteiger partial charge in [-0.05, 0) is 55.4 Å². The van der Waals surface area contributed by atoms with Gasteiger partial charge in [0.25, 0.3) is 0 Å². The van der Waals surface area contributed by atoms with Gasteiger partial charge in [0, 0.05) is 22.4 Å². The van der Waals surface area contributed by atoms with Crippen molar-refractivity contribution in [3.63, 3.8) is 0 Å². The maximum absolute atomic E-state index is 5.77. The van der Waals surface area contributed by atoms with Crippen LogP contribution < -0.4 is 10.1 Å². The lowest BCUT2D eigenvalue weighted by molar-refractivity contribution is 0.310. The zero-order valence-corrected chi connectivity index (χ0v) is 15.5. The molecule has 0 atom stereocenters. The molecule has 0 aliphatic heterocycles. The first kappa shape index (κ1) is 15.5. The molecule has 0 unspecified atom stereocenters. The maximum atomic E-state index is 5.77. The predicted octanol–water partition coefficient (Wildman–Crippen LogP) is 5.20. The largest absolute Gasteiger partial charge is 0.490 e. The molecule has 0 aliphatic carbocycles. The van der Waals surface area contributed by atoms with Gasteiger partial charge in [-0.25, -0.2) is 0 Å². The smallest absolute Gasteiger partial charge is 0.147 e. The van der Waals surface area contributed by atoms with Gasteiger partial charge < -0.3 is 10.1 Å². The summed E-state index contributed by atoms with van der Waals surface area (Å²) in [6.45, 7) is 2.33. The maximum Gasteiger partial charge on any atom is 0.147 e. The monoisotopic (exact) mass is 467 g/mol. The molecule has 1 N–H and O–H groups in total. The van der Waals surface area contributed by atoms with Crippen molar-refractivity contribution < 1.29 is 4.74 Å². The highest BCUT2D eigenvalue weighted by molar-refractivity contribution is 9.11. The Bertz CT molecular complexity index is 508. The van der Waals surface area contributed by atoms with Crippen LogP contribution in [-0.4, -0.2) is 13.2 Å². The van der Waals surface area contributed by atoms with E-state index in [0.717, 1.165) is 32.3 Å². The Labute approximate surface area is 141 Å². The molecule has 0 spiro atoms. The zero-order valence-electron chi connectivity index (χ0n) is 9.96. The molecule has 1 aromatic carbocycles. The van der Waals surface area contributed by atoms with E-state index in [1.165, 1.54) is 4.88 Å². The van der Waals surface area contributed by atoms with Crippen LogP contribution in [-0.2, 0) is 6.54 Å². The minimum atomic E-state index is 0.629. The first-order valence-corrected chi connectivity index (χ1v) is 8.93. The minimum absolute atomic E-state index is 0.629. The zero-order chi connectivity index (χ0) is 13.7. The molecule has 1 aromatic heterocycles. The fourth-order valence-corrected chi connectivity index (χ4v) is 4.68. The van der Waals surface area contributed by atoms with Crippen LogP contribution in [0.1, 0.15) is 4.88 Å². The Morgan fingerprint density at radius 2 is 1.89 bits per heavy atom. The SMILES string of the molecule is Brc1cc(Br)c(OCCNCc2cccs2)c(Br)c1. The van der Waals surface area contributed by atoms with E-state index in [-0.39, 0.29) is 0 Å². The van der Waals surface area contributed by atoms with Crippen molar-refractivity contribution in [3.8, 4) is 5.75 Å². The van der Waals surface area contributed by atoms with Crippen LogP contribution in [0.5, 0.6) is 5.75 Å². The molecule has 0 amide bonds. The van der Waals surface area contributed by atoms with Gasteiger partial charge in [0.1, 0.15) is 12.4 Å². The molecular weight excluding hydrogens is 458 g/mol. The highest BCUT2D eigenvalue weighted by Gasteiger charge is 2.07. The number of halogens is 3. The molecule has 0 saturated carbocycles. The molecule has 1 heterocycles. The van der Waals surface area contributed by atoms with E-state index in [2.05, 4.69) is 70.6 Å². The molecule has 2 aromatic rings. The van der Waals surface area contributed by atoms with Crippen molar-refractivity contribution in [2.75, 3.05) is 13.2 Å². The average molecular weight is 470 g/mol. The Kier molecular flexibility index (Phi) is 6.35. The van der Waals surface area contributed by atoms with Crippen LogP contribution in [0.4, 0.5) is 0 Å². The highest BCUT2D eigenvalue weighted by Crippen LogP contribution is 2.36. The predicted molar refractivity (Wildman–Crippen MR) is 91.1 cm³/mol. The van der Waals surface area contributed by atoms with Gasteiger partial charge >= 0.3 is 0 Å². The van der Waals surface area contributed by atoms with Crippen LogP contribution in [0.15, 0.2) is 43.1 Å². The normalized spacial score (nSPS) is 10.7. The van der Waals surface area contributed by atoms with Crippen molar-refractivity contribution in [1.82, 2.24) is 5.32 Å². The number of rotatable bonds is 6. The molecule has 0 fully saturated rings. The summed E-state index contributed by atoms with van der Waals surface area (Å²) in [6.07, 6.45) is 0. The van der Waals surface area contributed by atoms with E-state index in [9.17, 15) is 0 Å². The minimum Gasteiger partial charge on any atom is -0.490 e. The lowest BCUT2D eigenvalue weighted by atomic mass is 10.3. The molecule has 0 radical (unpaired) electrons. The summed E-state index contributed by atoms with van der Waals surface area (Å²) in [6, 6.07) is 8.13. The number of nitrogens with one attached hydrogen (secondary N) is 1. The summed E-state index contributed by atoms with van der Waals surface area (Å²) in [5.41, 5.74) is 0. The van der Waals surface area contributed by atoms with Crippen LogP contribution in [0.25, 0.3) is 0 Å². The molecule has 6 heteroatoms. The number of hydrogen-bond donors (Lipinski definition) is 1. The summed E-state index contributed by atoms with van der Waals surface area (Å²) in [5.74, 6) is 0.834. The highest BCUT2D eigenvalue weighted by atomic mass is 79.9. The Hall–Kier alpha value is 0.120. The third-order valence-corrected chi connectivity index (χ3v) is 4.88. The Balaban J connectivity index is 1.77. The lowest BCUT2D eigenvalue weighted by Crippen LogP contribution is -2.20. The van der Waals surface area contributed by atoms with Crippen LogP contribution >= 0.6 is 59.1 Å². The number of hydrogen-bond acceptors (Lipinski definition) is 3. The van der Waals surface area contributed by atoms with E-state index in [4.69, 9.17) is 4.74 Å². The van der Waals surface area contributed by atoms with Crippen molar-refractivity contribution >= 4 is 59.1 Å². The topological polar surface area (TPSA) is 21.3 Å². The standard InChI is InChI=1S/C13H12Br3NOS/c14-9-6-11(15)13(12(16)7-9)18-4-3-17-8-10-2-1-5-19-10/h1-2,5-7,17H,3-4,8H2. The third-order valence-electron chi connectivity index (χ3n) is 2.37. The van der Waals surface area contributed by atoms with Crippen molar-refractivity contribution in [2.45, 2.75) is 6.54 Å². The Morgan fingerprint density at radius 3 is 2.53 bits per heavy atom. The van der Waals surface area contributed by atoms with Crippen LogP contribution in [0.3, 0.4) is 0 Å². The van der Waals surface area contributed by atoms with Crippen LogP contribution in [0, 0.1) is 0 Å². The van der Waals surface area contributed by atoms with E-state index in [1.807, 2.05) is 12.1 Å². The van der Waals surface area contributed by atoms with Crippen molar-refractivity contribution in [1.29, 1.82) is 0 Å². The molecule has 0 saturated heterocycles. The summed E-state index contributed by atoms with van der Waals surface area (Å²) in [7, 11) is 0. The van der Waals surface area contributed by atoms with Gasteiger partial charge in [-0.2, -0.15) is 0 Å². The summed E-state index contributed by atoms with van der Waals surface area (Å²) < 4.78 is 8.65. The van der Waals surface area contributed by atoms with Crippen molar-refractivity contribution in [3.05, 3.63) is 47.9 Å². The van der Waals surface area contributed by atoms with Gasteiger partial charge in [0.15, 0.2) is 0 Å². The van der Waals surface area contributed by atoms with Crippen LogP contribution in [0.2, 0.25) is 0 Å². The molecule has 19 heavy (non-hydrogen) atoms. The molecule has 102 valence electrons. The second-order valence-electron chi connectivity index (χ2n) is 3.80. The number of benzene rings is 1. The van der Waals surface area contributed by atoms with E-state index < -0.39 is 0 Å². The summed E-state index contributed by atoms with van der Waals surface area (Å²) >= 11 is 12.2. The molecule has 2 nitrogen and oxygen atoms in total. The Morgan fingerprint density at radius 1 is 1.16 bits per heavy atom. The van der Waals surface area contributed by atoms with Gasteiger partial charge in [-0.1, -0.05) is 22.0 Å². The van der Waals surface area contributed by atoms with Gasteiger partial charge in [-0.3, -0.25) is 0 Å². The summed E-state index contributed by atoms with van der Waals surface area (Å²) in [5, 5.41) is 5.44. The first-order valence-electron chi connectivity index (χ1n) is 5.67. The number of ether oxygens (including phenoxy) is 1. The van der Waals surface area contributed by atoms with Gasteiger partial charge in [0.05, 0.1) is 8.95 Å². The fraction of sp³-hybridized carbons (Fsp3) is 0.231. The number of thiophene rings is 1. The average Bonchev–Trinajstić information content (AvgIpc) is 2.84. The summed E-state index contributed by atoms with van der Waals surface area (Å²) in [4.78, 5) is 1.34. The molecule has 2 rings (SSSR count). The lowest BCUT2D eigenvalue weighted by Gasteiger charge is -2.11. The van der Waals surface area contributed by atoms with E-state index in [0.29, 0.717) is 6.61 Å². The molecular formula is C13H12Br3NOS. The fourth-order valence-electron chi connectivity index (χ4n) is 1.52. The van der Waals surface area contributed by atoms with Crippen molar-refractivity contribution in [2.24, 2.45) is 0 Å². The van der Waals surface area contributed by atoms with Gasteiger partial charge in [0.2, 0.25) is 0 Å². The van der Waals surface area contributed by atoms with E-state index >= 15 is 0 Å². The first-order chi connectivity index (χ1) is 9.16. The quantitative estimate of drug-likeness (QED) is 0.587. The van der Waals surface area contributed by atoms with E-state index in [1.54, 1.807) is 11.3 Å². The van der Waals surface area contributed by atoms with Gasteiger partial charge in [-0.15, -0.1) is 11.3 Å². The third kappa shape index (κ3) is 4.86.